The fourth-order valence-electron chi connectivity index (χ4n) is 3.00. The molecular weight excluding hydrogens is 456 g/mol. The van der Waals surface area contributed by atoms with Crippen molar-refractivity contribution in [2.24, 2.45) is 0 Å². The van der Waals surface area contributed by atoms with Crippen molar-refractivity contribution >= 4 is 56.8 Å². The Labute approximate surface area is 182 Å². The second-order valence-corrected chi connectivity index (χ2v) is 7.55. The van der Waals surface area contributed by atoms with Crippen LogP contribution in [0.1, 0.15) is 18.9 Å². The number of hydrogen-bond donors (Lipinski definition) is 1. The van der Waals surface area contributed by atoms with Crippen molar-refractivity contribution in [2.75, 3.05) is 18.6 Å². The van der Waals surface area contributed by atoms with E-state index in [4.69, 9.17) is 17.0 Å². The number of phenolic OH excluding ortho intramolecular Hbond substituents is 1. The maximum absolute atomic E-state index is 13.2. The number of hydrogen-bond acceptors (Lipinski definition) is 5. The minimum Gasteiger partial charge on any atom is -0.503 e. The van der Waals surface area contributed by atoms with Gasteiger partial charge in [0, 0.05) is 6.54 Å². The standard InChI is InChI=1S/C21H19BrN2O4S/c1-3-9-23-19(26)15(10-13-11-16(22)18(25)17(12-13)28-2)20(27)24(21(23)29)14-7-5-4-6-8-14/h4-8,10-12,25H,3,9H2,1-2H3/b15-10+. The molecule has 1 saturated heterocycles. The molecule has 2 aromatic carbocycles. The number of benzene rings is 2. The van der Waals surface area contributed by atoms with E-state index < -0.39 is 11.8 Å². The van der Waals surface area contributed by atoms with E-state index in [9.17, 15) is 14.7 Å². The number of thiocarbonyl (C=S) groups is 1. The number of phenols is 1. The number of para-hydroxylation sites is 1. The molecule has 2 aromatic rings. The van der Waals surface area contributed by atoms with Crippen LogP contribution in [0.4, 0.5) is 5.69 Å². The smallest absolute Gasteiger partial charge is 0.270 e. The molecule has 0 spiro atoms. The summed E-state index contributed by atoms with van der Waals surface area (Å²) < 4.78 is 5.54. The molecule has 150 valence electrons. The maximum atomic E-state index is 13.2. The highest BCUT2D eigenvalue weighted by Crippen LogP contribution is 2.36. The van der Waals surface area contributed by atoms with Crippen LogP contribution in [0.2, 0.25) is 0 Å². The van der Waals surface area contributed by atoms with Crippen LogP contribution >= 0.6 is 28.1 Å². The van der Waals surface area contributed by atoms with E-state index in [0.717, 1.165) is 0 Å². The van der Waals surface area contributed by atoms with Crippen molar-refractivity contribution in [1.82, 2.24) is 4.90 Å². The summed E-state index contributed by atoms with van der Waals surface area (Å²) >= 11 is 8.72. The monoisotopic (exact) mass is 474 g/mol. The zero-order valence-electron chi connectivity index (χ0n) is 15.9. The molecule has 2 amide bonds. The fraction of sp³-hybridized carbons (Fsp3) is 0.190. The molecule has 1 heterocycles. The molecule has 1 aliphatic heterocycles. The number of methoxy groups -OCH3 is 1. The quantitative estimate of drug-likeness (QED) is 0.401. The van der Waals surface area contributed by atoms with Crippen molar-refractivity contribution in [3.8, 4) is 11.5 Å². The number of halogens is 1. The summed E-state index contributed by atoms with van der Waals surface area (Å²) in [5, 5.41) is 10.2. The zero-order chi connectivity index (χ0) is 21.1. The van der Waals surface area contributed by atoms with Crippen molar-refractivity contribution in [2.45, 2.75) is 13.3 Å². The van der Waals surface area contributed by atoms with E-state index in [1.54, 1.807) is 36.4 Å². The van der Waals surface area contributed by atoms with E-state index in [-0.39, 0.29) is 22.2 Å². The Morgan fingerprint density at radius 3 is 2.48 bits per heavy atom. The molecule has 0 aliphatic carbocycles. The molecule has 1 N–H and O–H groups in total. The molecule has 8 heteroatoms. The zero-order valence-corrected chi connectivity index (χ0v) is 18.3. The molecule has 1 aliphatic rings. The Hall–Kier alpha value is -2.71. The van der Waals surface area contributed by atoms with Gasteiger partial charge in [-0.3, -0.25) is 19.4 Å². The van der Waals surface area contributed by atoms with Crippen LogP contribution in [0.15, 0.2) is 52.5 Å². The van der Waals surface area contributed by atoms with Crippen LogP contribution in [-0.4, -0.2) is 40.6 Å². The van der Waals surface area contributed by atoms with Gasteiger partial charge in [-0.05, 0) is 70.5 Å². The Morgan fingerprint density at radius 1 is 1.17 bits per heavy atom. The summed E-state index contributed by atoms with van der Waals surface area (Å²) in [6.07, 6.45) is 2.17. The molecule has 1 fully saturated rings. The highest BCUT2D eigenvalue weighted by molar-refractivity contribution is 9.10. The Balaban J connectivity index is 2.12. The van der Waals surface area contributed by atoms with Gasteiger partial charge in [0.15, 0.2) is 16.6 Å². The van der Waals surface area contributed by atoms with E-state index >= 15 is 0 Å². The van der Waals surface area contributed by atoms with Crippen molar-refractivity contribution < 1.29 is 19.4 Å². The van der Waals surface area contributed by atoms with Gasteiger partial charge in [0.2, 0.25) is 0 Å². The first-order valence-electron chi connectivity index (χ1n) is 8.92. The van der Waals surface area contributed by atoms with Crippen LogP contribution in [0, 0.1) is 0 Å². The molecule has 0 aromatic heterocycles. The Bertz CT molecular complexity index is 1010. The number of amides is 2. The van der Waals surface area contributed by atoms with E-state index in [1.807, 2.05) is 13.0 Å². The lowest BCUT2D eigenvalue weighted by Crippen LogP contribution is -2.56. The third kappa shape index (κ3) is 4.04. The molecule has 0 saturated carbocycles. The summed E-state index contributed by atoms with van der Waals surface area (Å²) in [6, 6.07) is 12.1. The van der Waals surface area contributed by atoms with Gasteiger partial charge in [-0.2, -0.15) is 0 Å². The van der Waals surface area contributed by atoms with Gasteiger partial charge in [0.1, 0.15) is 5.57 Å². The van der Waals surface area contributed by atoms with E-state index in [2.05, 4.69) is 15.9 Å². The Kier molecular flexibility index (Phi) is 6.34. The SMILES string of the molecule is CCCN1C(=O)/C(=C\c2cc(Br)c(O)c(OC)c2)C(=O)N(c2ccccc2)C1=S. The highest BCUT2D eigenvalue weighted by Gasteiger charge is 2.39. The van der Waals surface area contributed by atoms with Crippen molar-refractivity contribution in [3.05, 3.63) is 58.1 Å². The van der Waals surface area contributed by atoms with Crippen LogP contribution in [0.5, 0.6) is 11.5 Å². The van der Waals surface area contributed by atoms with Crippen LogP contribution in [-0.2, 0) is 9.59 Å². The molecule has 29 heavy (non-hydrogen) atoms. The van der Waals surface area contributed by atoms with Gasteiger partial charge in [-0.15, -0.1) is 0 Å². The highest BCUT2D eigenvalue weighted by atomic mass is 79.9. The predicted molar refractivity (Wildman–Crippen MR) is 119 cm³/mol. The second-order valence-electron chi connectivity index (χ2n) is 6.33. The molecule has 0 radical (unpaired) electrons. The van der Waals surface area contributed by atoms with Crippen LogP contribution in [0.3, 0.4) is 0 Å². The van der Waals surface area contributed by atoms with E-state index in [0.29, 0.717) is 28.7 Å². The van der Waals surface area contributed by atoms with Crippen molar-refractivity contribution in [1.29, 1.82) is 0 Å². The number of rotatable bonds is 5. The molecule has 0 bridgehead atoms. The summed E-state index contributed by atoms with van der Waals surface area (Å²) in [5.74, 6) is -0.780. The first-order chi connectivity index (χ1) is 13.9. The summed E-state index contributed by atoms with van der Waals surface area (Å²) in [7, 11) is 1.42. The second kappa shape index (κ2) is 8.75. The first-order valence-corrected chi connectivity index (χ1v) is 10.1. The minimum atomic E-state index is -0.498. The van der Waals surface area contributed by atoms with Gasteiger partial charge in [-0.1, -0.05) is 25.1 Å². The lowest BCUT2D eigenvalue weighted by atomic mass is 10.0. The normalized spacial score (nSPS) is 16.0. The topological polar surface area (TPSA) is 70.1 Å². The van der Waals surface area contributed by atoms with Gasteiger partial charge >= 0.3 is 0 Å². The number of nitrogens with zero attached hydrogens (tertiary/aromatic N) is 2. The lowest BCUT2D eigenvalue weighted by molar-refractivity contribution is -0.127. The van der Waals surface area contributed by atoms with Gasteiger partial charge in [0.05, 0.1) is 17.3 Å². The first kappa shape index (κ1) is 21.0. The number of carbonyl (C=O) groups is 2. The van der Waals surface area contributed by atoms with Crippen molar-refractivity contribution in [3.63, 3.8) is 0 Å². The third-order valence-electron chi connectivity index (χ3n) is 4.37. The number of ether oxygens (including phenoxy) is 1. The summed E-state index contributed by atoms with van der Waals surface area (Å²) in [4.78, 5) is 29.1. The van der Waals surface area contributed by atoms with Gasteiger partial charge in [-0.25, -0.2) is 0 Å². The fourth-order valence-corrected chi connectivity index (χ4v) is 3.82. The Morgan fingerprint density at radius 2 is 1.86 bits per heavy atom. The predicted octanol–water partition coefficient (Wildman–Crippen LogP) is 4.12. The van der Waals surface area contributed by atoms with Gasteiger partial charge < -0.3 is 9.84 Å². The third-order valence-corrected chi connectivity index (χ3v) is 5.38. The maximum Gasteiger partial charge on any atom is 0.270 e. The van der Waals surface area contributed by atoms with Crippen LogP contribution in [0.25, 0.3) is 6.08 Å². The van der Waals surface area contributed by atoms with Gasteiger partial charge in [0.25, 0.3) is 11.8 Å². The molecule has 0 atom stereocenters. The summed E-state index contributed by atoms with van der Waals surface area (Å²) in [6.45, 7) is 2.33. The van der Waals surface area contributed by atoms with Crippen LogP contribution < -0.4 is 9.64 Å². The average molecular weight is 475 g/mol. The number of anilines is 1. The minimum absolute atomic E-state index is 0.0180. The molecule has 0 unspecified atom stereocenters. The molecule has 3 rings (SSSR count). The average Bonchev–Trinajstić information content (AvgIpc) is 2.72. The van der Waals surface area contributed by atoms with E-state index in [1.165, 1.54) is 23.0 Å². The lowest BCUT2D eigenvalue weighted by Gasteiger charge is -2.36. The summed E-state index contributed by atoms with van der Waals surface area (Å²) in [5.41, 5.74) is 1.10. The number of aromatic hydroxyl groups is 1. The number of carbonyl (C=O) groups excluding carboxylic acids is 2. The largest absolute Gasteiger partial charge is 0.503 e. The molecular formula is C21H19BrN2O4S. The molecule has 6 nitrogen and oxygen atoms in total.